The van der Waals surface area contributed by atoms with E-state index in [1.165, 1.54) is 5.56 Å². The van der Waals surface area contributed by atoms with Gasteiger partial charge in [-0.3, -0.25) is 4.79 Å². The fourth-order valence-corrected chi connectivity index (χ4v) is 2.18. The summed E-state index contributed by atoms with van der Waals surface area (Å²) in [6, 6.07) is 7.72. The minimum atomic E-state index is 0.0367. The van der Waals surface area contributed by atoms with E-state index in [2.05, 4.69) is 15.5 Å². The summed E-state index contributed by atoms with van der Waals surface area (Å²) in [7, 11) is 0. The number of nitrogens with one attached hydrogen (secondary N) is 1. The quantitative estimate of drug-likeness (QED) is 0.855. The predicted octanol–water partition coefficient (Wildman–Crippen LogP) is 2.59. The van der Waals surface area contributed by atoms with Crippen LogP contribution in [0.3, 0.4) is 0 Å². The van der Waals surface area contributed by atoms with Crippen molar-refractivity contribution >= 4 is 17.5 Å². The molecule has 0 aliphatic rings. The number of rotatable bonds is 7. The van der Waals surface area contributed by atoms with Gasteiger partial charge in [0.15, 0.2) is 5.82 Å². The van der Waals surface area contributed by atoms with Gasteiger partial charge in [-0.25, -0.2) is 0 Å². The van der Waals surface area contributed by atoms with Gasteiger partial charge < -0.3 is 9.88 Å². The molecule has 0 aliphatic heterocycles. The summed E-state index contributed by atoms with van der Waals surface area (Å²) < 4.78 is 1.91. The molecule has 0 saturated heterocycles. The van der Waals surface area contributed by atoms with Gasteiger partial charge in [-0.15, -0.1) is 10.2 Å². The molecule has 0 bridgehead atoms. The highest BCUT2D eigenvalue weighted by molar-refractivity contribution is 6.30. The molecule has 5 nitrogen and oxygen atoms in total. The average Bonchev–Trinajstić information content (AvgIpc) is 2.95. The zero-order valence-corrected chi connectivity index (χ0v) is 12.8. The average molecular weight is 307 g/mol. The molecule has 0 atom stereocenters. The Hall–Kier alpha value is -1.88. The second-order valence-corrected chi connectivity index (χ2v) is 5.23. The number of carbonyl (C=O) groups is 1. The molecule has 0 spiro atoms. The number of benzene rings is 1. The molecule has 112 valence electrons. The minimum Gasteiger partial charge on any atom is -0.349 e. The molecule has 2 aromatic rings. The third-order valence-electron chi connectivity index (χ3n) is 3.26. The molecular weight excluding hydrogens is 288 g/mol. The lowest BCUT2D eigenvalue weighted by atomic mass is 10.1. The molecule has 0 aliphatic carbocycles. The zero-order chi connectivity index (χ0) is 15.1. The summed E-state index contributed by atoms with van der Waals surface area (Å²) in [5.74, 6) is 0.818. The van der Waals surface area contributed by atoms with Crippen LogP contribution in [0.2, 0.25) is 5.02 Å². The third kappa shape index (κ3) is 4.86. The summed E-state index contributed by atoms with van der Waals surface area (Å²) in [5.41, 5.74) is 1.19. The number of nitrogens with zero attached hydrogens (tertiary/aromatic N) is 3. The molecule has 21 heavy (non-hydrogen) atoms. The van der Waals surface area contributed by atoms with Gasteiger partial charge in [-0.05, 0) is 37.5 Å². The summed E-state index contributed by atoms with van der Waals surface area (Å²) in [6.45, 7) is 3.24. The van der Waals surface area contributed by atoms with Gasteiger partial charge in [-0.2, -0.15) is 0 Å². The van der Waals surface area contributed by atoms with E-state index >= 15 is 0 Å². The van der Waals surface area contributed by atoms with Crippen molar-refractivity contribution in [1.29, 1.82) is 0 Å². The standard InChI is InChI=1S/C15H19ClN4O/c1-2-20-11-18-19-14(20)10-17-15(21)5-3-4-12-6-8-13(16)9-7-12/h6-9,11H,2-5,10H2,1H3,(H,17,21). The van der Waals surface area contributed by atoms with Crippen LogP contribution in [0.4, 0.5) is 0 Å². The lowest BCUT2D eigenvalue weighted by Crippen LogP contribution is -2.24. The smallest absolute Gasteiger partial charge is 0.220 e. The molecule has 0 radical (unpaired) electrons. The second-order valence-electron chi connectivity index (χ2n) is 4.79. The van der Waals surface area contributed by atoms with Crippen molar-refractivity contribution in [1.82, 2.24) is 20.1 Å². The number of amides is 1. The number of aryl methyl sites for hydroxylation is 2. The maximum Gasteiger partial charge on any atom is 0.220 e. The van der Waals surface area contributed by atoms with Crippen molar-refractivity contribution in [2.45, 2.75) is 39.3 Å². The molecule has 0 saturated carbocycles. The van der Waals surface area contributed by atoms with Gasteiger partial charge in [0.2, 0.25) is 5.91 Å². The topological polar surface area (TPSA) is 59.8 Å². The Morgan fingerprint density at radius 2 is 2.10 bits per heavy atom. The molecule has 2 rings (SSSR count). The van der Waals surface area contributed by atoms with Crippen LogP contribution in [0.25, 0.3) is 0 Å². The van der Waals surface area contributed by atoms with Crippen LogP contribution in [0.15, 0.2) is 30.6 Å². The molecule has 1 N–H and O–H groups in total. The molecule has 1 aromatic heterocycles. The number of aromatic nitrogens is 3. The van der Waals surface area contributed by atoms with Crippen LogP contribution >= 0.6 is 11.6 Å². The molecule has 1 heterocycles. The van der Waals surface area contributed by atoms with Crippen LogP contribution in [0.5, 0.6) is 0 Å². The first-order chi connectivity index (χ1) is 10.2. The fourth-order valence-electron chi connectivity index (χ4n) is 2.05. The van der Waals surface area contributed by atoms with Crippen molar-refractivity contribution in [3.05, 3.63) is 47.0 Å². The van der Waals surface area contributed by atoms with Gasteiger partial charge in [0.05, 0.1) is 6.54 Å². The van der Waals surface area contributed by atoms with Crippen molar-refractivity contribution in [3.63, 3.8) is 0 Å². The summed E-state index contributed by atoms with van der Waals surface area (Å²) in [5, 5.41) is 11.4. The van der Waals surface area contributed by atoms with Crippen molar-refractivity contribution in [3.8, 4) is 0 Å². The highest BCUT2D eigenvalue weighted by atomic mass is 35.5. The Labute approximate surface area is 129 Å². The van der Waals surface area contributed by atoms with Crippen molar-refractivity contribution < 1.29 is 4.79 Å². The lowest BCUT2D eigenvalue weighted by molar-refractivity contribution is -0.121. The van der Waals surface area contributed by atoms with Crippen LogP contribution in [-0.4, -0.2) is 20.7 Å². The van der Waals surface area contributed by atoms with Crippen LogP contribution in [0, 0.1) is 0 Å². The largest absolute Gasteiger partial charge is 0.349 e. The monoisotopic (exact) mass is 306 g/mol. The Kier molecular flexibility index (Phi) is 5.75. The van der Waals surface area contributed by atoms with Crippen LogP contribution < -0.4 is 5.32 Å². The van der Waals surface area contributed by atoms with Gasteiger partial charge in [0.1, 0.15) is 6.33 Å². The Morgan fingerprint density at radius 3 is 2.81 bits per heavy atom. The maximum atomic E-state index is 11.8. The van der Waals surface area contributed by atoms with Gasteiger partial charge in [-0.1, -0.05) is 23.7 Å². The molecular formula is C15H19ClN4O. The number of hydrogen-bond donors (Lipinski definition) is 1. The van der Waals surface area contributed by atoms with Crippen molar-refractivity contribution in [2.75, 3.05) is 0 Å². The number of hydrogen-bond acceptors (Lipinski definition) is 3. The van der Waals surface area contributed by atoms with Gasteiger partial charge in [0, 0.05) is 18.0 Å². The first-order valence-corrected chi connectivity index (χ1v) is 7.44. The lowest BCUT2D eigenvalue weighted by Gasteiger charge is -2.06. The summed E-state index contributed by atoms with van der Waals surface area (Å²) >= 11 is 5.83. The normalized spacial score (nSPS) is 10.6. The highest BCUT2D eigenvalue weighted by Gasteiger charge is 2.06. The van der Waals surface area contributed by atoms with Crippen LogP contribution in [0.1, 0.15) is 31.2 Å². The Balaban J connectivity index is 1.69. The highest BCUT2D eigenvalue weighted by Crippen LogP contribution is 2.11. The first kappa shape index (κ1) is 15.5. The zero-order valence-electron chi connectivity index (χ0n) is 12.1. The third-order valence-corrected chi connectivity index (χ3v) is 3.51. The van der Waals surface area contributed by atoms with Gasteiger partial charge >= 0.3 is 0 Å². The minimum absolute atomic E-state index is 0.0367. The van der Waals surface area contributed by atoms with E-state index < -0.39 is 0 Å². The Bertz CT molecular complexity index is 580. The van der Waals surface area contributed by atoms with E-state index in [1.54, 1.807) is 6.33 Å². The molecule has 1 amide bonds. The molecule has 6 heteroatoms. The SMILES string of the molecule is CCn1cnnc1CNC(=O)CCCc1ccc(Cl)cc1. The fraction of sp³-hybridized carbons (Fsp3) is 0.400. The summed E-state index contributed by atoms with van der Waals surface area (Å²) in [6.07, 6.45) is 3.86. The van der Waals surface area contributed by atoms with Crippen LogP contribution in [-0.2, 0) is 24.3 Å². The first-order valence-electron chi connectivity index (χ1n) is 7.07. The van der Waals surface area contributed by atoms with E-state index in [0.717, 1.165) is 30.2 Å². The van der Waals surface area contributed by atoms with Gasteiger partial charge in [0.25, 0.3) is 0 Å². The molecule has 0 unspecified atom stereocenters. The summed E-state index contributed by atoms with van der Waals surface area (Å²) in [4.78, 5) is 11.8. The van der Waals surface area contributed by atoms with E-state index in [-0.39, 0.29) is 5.91 Å². The Morgan fingerprint density at radius 1 is 1.33 bits per heavy atom. The number of halogens is 1. The van der Waals surface area contributed by atoms with E-state index in [4.69, 9.17) is 11.6 Å². The maximum absolute atomic E-state index is 11.8. The van der Waals surface area contributed by atoms with E-state index in [9.17, 15) is 4.79 Å². The van der Waals surface area contributed by atoms with E-state index in [0.29, 0.717) is 13.0 Å². The number of carbonyl (C=O) groups excluding carboxylic acids is 1. The predicted molar refractivity (Wildman–Crippen MR) is 81.9 cm³/mol. The second kappa shape index (κ2) is 7.78. The molecule has 1 aromatic carbocycles. The molecule has 0 fully saturated rings. The van der Waals surface area contributed by atoms with Crippen molar-refractivity contribution in [2.24, 2.45) is 0 Å². The van der Waals surface area contributed by atoms with E-state index in [1.807, 2.05) is 35.8 Å².